The summed E-state index contributed by atoms with van der Waals surface area (Å²) in [5, 5.41) is 3.42. The van der Waals surface area contributed by atoms with Crippen LogP contribution in [0.3, 0.4) is 0 Å². The molecule has 1 fully saturated rings. The van der Waals surface area contributed by atoms with E-state index in [-0.39, 0.29) is 0 Å². The molecule has 1 rings (SSSR count). The van der Waals surface area contributed by atoms with Gasteiger partial charge in [-0.1, -0.05) is 27.2 Å². The molecule has 2 nitrogen and oxygen atoms in total. The molecule has 15 heavy (non-hydrogen) atoms. The van der Waals surface area contributed by atoms with E-state index in [1.807, 2.05) is 0 Å². The lowest BCUT2D eigenvalue weighted by atomic mass is 9.77. The van der Waals surface area contributed by atoms with Crippen molar-refractivity contribution in [3.63, 3.8) is 0 Å². The van der Waals surface area contributed by atoms with E-state index in [1.165, 1.54) is 25.9 Å². The first-order chi connectivity index (χ1) is 6.87. The zero-order chi connectivity index (χ0) is 11.5. The van der Waals surface area contributed by atoms with Crippen molar-refractivity contribution in [2.45, 2.75) is 53.0 Å². The van der Waals surface area contributed by atoms with Crippen LogP contribution >= 0.6 is 0 Å². The molecule has 0 aromatic rings. The SMILES string of the molecule is CCC(C)(C)CC(C)(C)N1CCNCC1. The van der Waals surface area contributed by atoms with Crippen molar-refractivity contribution in [1.29, 1.82) is 0 Å². The lowest BCUT2D eigenvalue weighted by Gasteiger charge is -2.45. The third-order valence-corrected chi connectivity index (χ3v) is 3.84. The first kappa shape index (κ1) is 13.0. The molecule has 0 bridgehead atoms. The van der Waals surface area contributed by atoms with E-state index < -0.39 is 0 Å². The van der Waals surface area contributed by atoms with Crippen molar-refractivity contribution in [2.24, 2.45) is 5.41 Å². The van der Waals surface area contributed by atoms with E-state index in [4.69, 9.17) is 0 Å². The molecule has 1 N–H and O–H groups in total. The van der Waals surface area contributed by atoms with Crippen LogP contribution in [0.4, 0.5) is 0 Å². The molecule has 0 atom stereocenters. The molecular weight excluding hydrogens is 184 g/mol. The molecule has 0 amide bonds. The van der Waals surface area contributed by atoms with Gasteiger partial charge in [0.1, 0.15) is 0 Å². The van der Waals surface area contributed by atoms with Crippen LogP contribution in [0, 0.1) is 5.41 Å². The number of piperazine rings is 1. The van der Waals surface area contributed by atoms with Crippen molar-refractivity contribution < 1.29 is 0 Å². The van der Waals surface area contributed by atoms with Gasteiger partial charge in [0.05, 0.1) is 0 Å². The number of nitrogens with one attached hydrogen (secondary N) is 1. The highest BCUT2D eigenvalue weighted by Crippen LogP contribution is 2.34. The van der Waals surface area contributed by atoms with Gasteiger partial charge >= 0.3 is 0 Å². The summed E-state index contributed by atoms with van der Waals surface area (Å²) in [6.07, 6.45) is 2.55. The van der Waals surface area contributed by atoms with E-state index in [2.05, 4.69) is 44.8 Å². The molecule has 0 radical (unpaired) electrons. The highest BCUT2D eigenvalue weighted by Gasteiger charge is 2.33. The van der Waals surface area contributed by atoms with Gasteiger partial charge in [-0.15, -0.1) is 0 Å². The van der Waals surface area contributed by atoms with E-state index in [0.717, 1.165) is 13.1 Å². The molecule has 0 unspecified atom stereocenters. The quantitative estimate of drug-likeness (QED) is 0.770. The largest absolute Gasteiger partial charge is 0.314 e. The molecule has 0 saturated carbocycles. The summed E-state index contributed by atoms with van der Waals surface area (Å²) < 4.78 is 0. The second-order valence-electron chi connectivity index (χ2n) is 6.24. The van der Waals surface area contributed by atoms with Crippen molar-refractivity contribution in [3.8, 4) is 0 Å². The van der Waals surface area contributed by atoms with E-state index >= 15 is 0 Å². The second-order valence-corrected chi connectivity index (χ2v) is 6.24. The van der Waals surface area contributed by atoms with Gasteiger partial charge in [-0.25, -0.2) is 0 Å². The second kappa shape index (κ2) is 4.84. The minimum atomic E-state index is 0.349. The maximum atomic E-state index is 3.42. The molecule has 2 heteroatoms. The average Bonchev–Trinajstić information content (AvgIpc) is 2.18. The van der Waals surface area contributed by atoms with Gasteiger partial charge in [-0.3, -0.25) is 4.90 Å². The number of nitrogens with zero attached hydrogens (tertiary/aromatic N) is 1. The molecule has 1 aliphatic heterocycles. The van der Waals surface area contributed by atoms with Crippen LogP contribution in [0.15, 0.2) is 0 Å². The maximum Gasteiger partial charge on any atom is 0.0159 e. The maximum absolute atomic E-state index is 3.42. The predicted octanol–water partition coefficient (Wildman–Crippen LogP) is 2.50. The Morgan fingerprint density at radius 2 is 1.60 bits per heavy atom. The van der Waals surface area contributed by atoms with Gasteiger partial charge in [0.15, 0.2) is 0 Å². The van der Waals surface area contributed by atoms with Gasteiger partial charge in [0, 0.05) is 31.7 Å². The van der Waals surface area contributed by atoms with Crippen molar-refractivity contribution in [1.82, 2.24) is 10.2 Å². The van der Waals surface area contributed by atoms with Crippen molar-refractivity contribution in [3.05, 3.63) is 0 Å². The zero-order valence-corrected chi connectivity index (χ0v) is 11.2. The van der Waals surface area contributed by atoms with E-state index in [1.54, 1.807) is 0 Å². The Morgan fingerprint density at radius 3 is 2.07 bits per heavy atom. The van der Waals surface area contributed by atoms with Crippen LogP contribution in [-0.4, -0.2) is 36.6 Å². The Hall–Kier alpha value is -0.0800. The Labute approximate surface area is 95.4 Å². The summed E-state index contributed by atoms with van der Waals surface area (Å²) >= 11 is 0. The number of hydrogen-bond donors (Lipinski definition) is 1. The van der Waals surface area contributed by atoms with Gasteiger partial charge in [0.2, 0.25) is 0 Å². The van der Waals surface area contributed by atoms with Gasteiger partial charge in [-0.2, -0.15) is 0 Å². The first-order valence-corrected chi connectivity index (χ1v) is 6.33. The minimum Gasteiger partial charge on any atom is -0.314 e. The molecule has 1 aliphatic rings. The third-order valence-electron chi connectivity index (χ3n) is 3.84. The number of rotatable bonds is 4. The van der Waals surface area contributed by atoms with Crippen LogP contribution in [-0.2, 0) is 0 Å². The van der Waals surface area contributed by atoms with Gasteiger partial charge in [0.25, 0.3) is 0 Å². The molecule has 1 heterocycles. The van der Waals surface area contributed by atoms with Gasteiger partial charge < -0.3 is 5.32 Å². The topological polar surface area (TPSA) is 15.3 Å². The normalized spacial score (nSPS) is 20.6. The lowest BCUT2D eigenvalue weighted by molar-refractivity contribution is 0.0594. The van der Waals surface area contributed by atoms with Crippen molar-refractivity contribution in [2.75, 3.05) is 26.2 Å². The summed E-state index contributed by atoms with van der Waals surface area (Å²) in [5.74, 6) is 0. The highest BCUT2D eigenvalue weighted by atomic mass is 15.2. The molecule has 0 aromatic carbocycles. The summed E-state index contributed by atoms with van der Waals surface area (Å²) in [4.78, 5) is 2.64. The Kier molecular flexibility index (Phi) is 4.19. The summed E-state index contributed by atoms with van der Waals surface area (Å²) in [6, 6.07) is 0. The smallest absolute Gasteiger partial charge is 0.0159 e. The van der Waals surface area contributed by atoms with Gasteiger partial charge in [-0.05, 0) is 25.7 Å². The fourth-order valence-corrected chi connectivity index (χ4v) is 2.68. The lowest BCUT2D eigenvalue weighted by Crippen LogP contribution is -2.54. The third kappa shape index (κ3) is 3.76. The summed E-state index contributed by atoms with van der Waals surface area (Å²) in [7, 11) is 0. The predicted molar refractivity (Wildman–Crippen MR) is 67.2 cm³/mol. The number of hydrogen-bond acceptors (Lipinski definition) is 2. The summed E-state index contributed by atoms with van der Waals surface area (Å²) in [5.41, 5.74) is 0.815. The van der Waals surface area contributed by atoms with Crippen LogP contribution in [0.25, 0.3) is 0 Å². The molecule has 1 saturated heterocycles. The van der Waals surface area contributed by atoms with Crippen LogP contribution in [0.2, 0.25) is 0 Å². The molecule has 0 spiro atoms. The molecule has 90 valence electrons. The molecule has 0 aliphatic carbocycles. The monoisotopic (exact) mass is 212 g/mol. The van der Waals surface area contributed by atoms with Crippen LogP contribution < -0.4 is 5.32 Å². The zero-order valence-electron chi connectivity index (χ0n) is 11.2. The first-order valence-electron chi connectivity index (χ1n) is 6.33. The Balaban J connectivity index is 2.56. The fourth-order valence-electron chi connectivity index (χ4n) is 2.68. The Bertz CT molecular complexity index is 191. The van der Waals surface area contributed by atoms with Crippen molar-refractivity contribution >= 4 is 0 Å². The van der Waals surface area contributed by atoms with Crippen LogP contribution in [0.5, 0.6) is 0 Å². The summed E-state index contributed by atoms with van der Waals surface area (Å²) in [6.45, 7) is 16.6. The van der Waals surface area contributed by atoms with E-state index in [9.17, 15) is 0 Å². The molecular formula is C13H28N2. The van der Waals surface area contributed by atoms with Crippen LogP contribution in [0.1, 0.15) is 47.5 Å². The minimum absolute atomic E-state index is 0.349. The highest BCUT2D eigenvalue weighted by molar-refractivity contribution is 4.89. The standard InChI is InChI=1S/C13H28N2/c1-6-12(2,3)11-13(4,5)15-9-7-14-8-10-15/h14H,6-11H2,1-5H3. The fraction of sp³-hybridized carbons (Fsp3) is 1.00. The van der Waals surface area contributed by atoms with E-state index in [0.29, 0.717) is 11.0 Å². The average molecular weight is 212 g/mol. The molecule has 0 aromatic heterocycles. The Morgan fingerprint density at radius 1 is 1.07 bits per heavy atom.